The van der Waals surface area contributed by atoms with E-state index < -0.39 is 0 Å². The van der Waals surface area contributed by atoms with E-state index in [1.54, 1.807) is 24.3 Å². The summed E-state index contributed by atoms with van der Waals surface area (Å²) >= 11 is 10.9. The number of benzene rings is 1. The standard InChI is InChI=1S/C12H14ClN3O2S/c13-10-3-1-2-9(8-10)11(17)14-12(19)15-16-4-6-18-7-5-16/h1-3,8H,4-7H2,(H2,14,15,17,19). The van der Waals surface area contributed by atoms with E-state index in [0.717, 1.165) is 13.1 Å². The predicted molar refractivity (Wildman–Crippen MR) is 77.0 cm³/mol. The number of halogens is 1. The van der Waals surface area contributed by atoms with Crippen LogP contribution in [0.1, 0.15) is 10.4 Å². The number of carbonyl (C=O) groups excluding carboxylic acids is 1. The molecule has 1 aromatic rings. The van der Waals surface area contributed by atoms with Gasteiger partial charge in [0.2, 0.25) is 0 Å². The van der Waals surface area contributed by atoms with E-state index in [9.17, 15) is 4.79 Å². The van der Waals surface area contributed by atoms with Crippen molar-refractivity contribution in [2.75, 3.05) is 26.3 Å². The zero-order valence-electron chi connectivity index (χ0n) is 10.2. The van der Waals surface area contributed by atoms with E-state index >= 15 is 0 Å². The molecule has 1 saturated heterocycles. The van der Waals surface area contributed by atoms with Gasteiger partial charge in [0.15, 0.2) is 5.11 Å². The van der Waals surface area contributed by atoms with Gasteiger partial charge in [-0.2, -0.15) is 0 Å². The normalized spacial score (nSPS) is 15.8. The molecule has 1 aromatic carbocycles. The minimum Gasteiger partial charge on any atom is -0.379 e. The van der Waals surface area contributed by atoms with Crippen LogP contribution in [0.2, 0.25) is 5.02 Å². The van der Waals surface area contributed by atoms with Crippen LogP contribution < -0.4 is 10.7 Å². The van der Waals surface area contributed by atoms with E-state index in [1.165, 1.54) is 0 Å². The summed E-state index contributed by atoms with van der Waals surface area (Å²) in [5.41, 5.74) is 3.42. The second kappa shape index (κ2) is 6.81. The first-order chi connectivity index (χ1) is 9.15. The van der Waals surface area contributed by atoms with Crippen LogP contribution in [-0.2, 0) is 4.74 Å². The molecule has 19 heavy (non-hydrogen) atoms. The highest BCUT2D eigenvalue weighted by molar-refractivity contribution is 7.80. The minimum atomic E-state index is -0.284. The van der Waals surface area contributed by atoms with E-state index in [-0.39, 0.29) is 11.0 Å². The summed E-state index contributed by atoms with van der Waals surface area (Å²) in [7, 11) is 0. The third kappa shape index (κ3) is 4.43. The first kappa shape index (κ1) is 14.2. The van der Waals surface area contributed by atoms with E-state index in [1.807, 2.05) is 5.01 Å². The largest absolute Gasteiger partial charge is 0.379 e. The van der Waals surface area contributed by atoms with Crippen molar-refractivity contribution in [2.45, 2.75) is 0 Å². The average Bonchev–Trinajstić information content (AvgIpc) is 2.39. The lowest BCUT2D eigenvalue weighted by Gasteiger charge is -2.27. The minimum absolute atomic E-state index is 0.270. The van der Waals surface area contributed by atoms with Crippen molar-refractivity contribution in [1.29, 1.82) is 0 Å². The van der Waals surface area contributed by atoms with Gasteiger partial charge in [-0.15, -0.1) is 0 Å². The van der Waals surface area contributed by atoms with E-state index in [4.69, 9.17) is 28.6 Å². The van der Waals surface area contributed by atoms with Gasteiger partial charge < -0.3 is 4.74 Å². The first-order valence-electron chi connectivity index (χ1n) is 5.85. The zero-order chi connectivity index (χ0) is 13.7. The van der Waals surface area contributed by atoms with Gasteiger partial charge in [0.25, 0.3) is 5.91 Å². The van der Waals surface area contributed by atoms with Gasteiger partial charge in [0, 0.05) is 23.7 Å². The van der Waals surface area contributed by atoms with Gasteiger partial charge in [-0.05, 0) is 30.4 Å². The predicted octanol–water partition coefficient (Wildman–Crippen LogP) is 1.19. The van der Waals surface area contributed by atoms with Crippen LogP contribution in [0, 0.1) is 0 Å². The number of ether oxygens (including phenoxy) is 1. The molecule has 1 amide bonds. The Morgan fingerprint density at radius 3 is 2.79 bits per heavy atom. The lowest BCUT2D eigenvalue weighted by Crippen LogP contribution is -2.52. The van der Waals surface area contributed by atoms with Gasteiger partial charge in [0.05, 0.1) is 13.2 Å². The van der Waals surface area contributed by atoms with Crippen molar-refractivity contribution in [1.82, 2.24) is 15.8 Å². The molecule has 0 aromatic heterocycles. The molecule has 0 spiro atoms. The Labute approximate surface area is 121 Å². The molecule has 1 heterocycles. The number of nitrogens with zero attached hydrogens (tertiary/aromatic N) is 1. The molecule has 2 N–H and O–H groups in total. The molecular weight excluding hydrogens is 286 g/mol. The second-order valence-corrected chi connectivity index (χ2v) is 4.85. The summed E-state index contributed by atoms with van der Waals surface area (Å²) in [6.45, 7) is 2.76. The van der Waals surface area contributed by atoms with E-state index in [0.29, 0.717) is 23.8 Å². The molecule has 0 radical (unpaired) electrons. The summed E-state index contributed by atoms with van der Waals surface area (Å²) in [5, 5.41) is 5.30. The quantitative estimate of drug-likeness (QED) is 0.804. The van der Waals surface area contributed by atoms with E-state index in [2.05, 4.69) is 10.7 Å². The molecule has 1 aliphatic heterocycles. The highest BCUT2D eigenvalue weighted by atomic mass is 35.5. The van der Waals surface area contributed by atoms with Crippen LogP contribution >= 0.6 is 23.8 Å². The number of hydrogen-bond acceptors (Lipinski definition) is 4. The van der Waals surface area contributed by atoms with Crippen molar-refractivity contribution in [3.63, 3.8) is 0 Å². The Bertz CT molecular complexity index is 478. The van der Waals surface area contributed by atoms with Crippen LogP contribution in [-0.4, -0.2) is 42.3 Å². The average molecular weight is 300 g/mol. The molecule has 1 fully saturated rings. The molecule has 2 rings (SSSR count). The number of thiocarbonyl (C=S) groups is 1. The Kier molecular flexibility index (Phi) is 5.09. The number of hydrogen-bond donors (Lipinski definition) is 2. The number of rotatable bonds is 2. The number of hydrazine groups is 1. The molecule has 0 bridgehead atoms. The van der Waals surface area contributed by atoms with Crippen LogP contribution in [0.5, 0.6) is 0 Å². The molecule has 0 unspecified atom stereocenters. The summed E-state index contributed by atoms with van der Waals surface area (Å²) in [4.78, 5) is 11.9. The molecule has 102 valence electrons. The highest BCUT2D eigenvalue weighted by Crippen LogP contribution is 2.10. The summed E-state index contributed by atoms with van der Waals surface area (Å²) < 4.78 is 5.22. The van der Waals surface area contributed by atoms with Crippen molar-refractivity contribution in [3.05, 3.63) is 34.9 Å². The summed E-state index contributed by atoms with van der Waals surface area (Å²) in [5.74, 6) is -0.284. The van der Waals surface area contributed by atoms with Gasteiger partial charge in [0.1, 0.15) is 0 Å². The number of nitrogens with one attached hydrogen (secondary N) is 2. The Morgan fingerprint density at radius 1 is 1.37 bits per heavy atom. The first-order valence-corrected chi connectivity index (χ1v) is 6.64. The molecule has 0 saturated carbocycles. The lowest BCUT2D eigenvalue weighted by atomic mass is 10.2. The van der Waals surface area contributed by atoms with Crippen molar-refractivity contribution >= 4 is 34.8 Å². The van der Waals surface area contributed by atoms with Crippen LogP contribution in [0.3, 0.4) is 0 Å². The van der Waals surface area contributed by atoms with Crippen LogP contribution in [0.15, 0.2) is 24.3 Å². The fraction of sp³-hybridized carbons (Fsp3) is 0.333. The molecule has 5 nitrogen and oxygen atoms in total. The maximum Gasteiger partial charge on any atom is 0.257 e. The van der Waals surface area contributed by atoms with Crippen molar-refractivity contribution < 1.29 is 9.53 Å². The summed E-state index contributed by atoms with van der Waals surface area (Å²) in [6.07, 6.45) is 0. The van der Waals surface area contributed by atoms with Crippen LogP contribution in [0.4, 0.5) is 0 Å². The molecular formula is C12H14ClN3O2S. The number of morpholine rings is 1. The number of amides is 1. The lowest BCUT2D eigenvalue weighted by molar-refractivity contribution is 0.0247. The highest BCUT2D eigenvalue weighted by Gasteiger charge is 2.13. The third-order valence-corrected chi connectivity index (χ3v) is 3.01. The summed E-state index contributed by atoms with van der Waals surface area (Å²) in [6, 6.07) is 6.70. The SMILES string of the molecule is O=C(NC(=S)NN1CCOCC1)c1cccc(Cl)c1. The maximum atomic E-state index is 11.9. The molecule has 1 aliphatic rings. The van der Waals surface area contributed by atoms with Gasteiger partial charge in [-0.3, -0.25) is 15.5 Å². The Hall–Kier alpha value is -1.21. The van der Waals surface area contributed by atoms with Gasteiger partial charge in [-0.1, -0.05) is 17.7 Å². The maximum absolute atomic E-state index is 11.9. The van der Waals surface area contributed by atoms with Crippen molar-refractivity contribution in [2.24, 2.45) is 0 Å². The Balaban J connectivity index is 1.86. The fourth-order valence-corrected chi connectivity index (χ4v) is 2.06. The monoisotopic (exact) mass is 299 g/mol. The number of carbonyl (C=O) groups is 1. The van der Waals surface area contributed by atoms with Gasteiger partial charge >= 0.3 is 0 Å². The Morgan fingerprint density at radius 2 is 2.11 bits per heavy atom. The zero-order valence-corrected chi connectivity index (χ0v) is 11.8. The second-order valence-electron chi connectivity index (χ2n) is 4.00. The molecule has 0 aliphatic carbocycles. The van der Waals surface area contributed by atoms with Crippen molar-refractivity contribution in [3.8, 4) is 0 Å². The topological polar surface area (TPSA) is 53.6 Å². The molecule has 0 atom stereocenters. The fourth-order valence-electron chi connectivity index (χ4n) is 1.65. The molecule has 7 heteroatoms. The van der Waals surface area contributed by atoms with Gasteiger partial charge in [-0.25, -0.2) is 5.01 Å². The van der Waals surface area contributed by atoms with Crippen LogP contribution in [0.25, 0.3) is 0 Å². The third-order valence-electron chi connectivity index (χ3n) is 2.58. The smallest absolute Gasteiger partial charge is 0.257 e.